The number of anilines is 3. The zero-order chi connectivity index (χ0) is 19.2. The molecule has 1 saturated heterocycles. The average molecular weight is 372 g/mol. The van der Waals surface area contributed by atoms with Gasteiger partial charge in [0, 0.05) is 31.4 Å². The number of nitrogens with zero attached hydrogens (tertiary/aromatic N) is 5. The van der Waals surface area contributed by atoms with Crippen LogP contribution >= 0.6 is 0 Å². The lowest BCUT2D eigenvalue weighted by molar-refractivity contribution is 0.252. The van der Waals surface area contributed by atoms with Crippen LogP contribution in [0.25, 0.3) is 0 Å². The molecule has 3 rings (SSSR count). The summed E-state index contributed by atoms with van der Waals surface area (Å²) in [7, 11) is 3.46. The molecule has 3 heterocycles. The van der Waals surface area contributed by atoms with Crippen molar-refractivity contribution in [3.8, 4) is 11.6 Å². The summed E-state index contributed by atoms with van der Waals surface area (Å²) in [5, 5.41) is 0. The van der Waals surface area contributed by atoms with Gasteiger partial charge in [-0.25, -0.2) is 9.97 Å². The van der Waals surface area contributed by atoms with Gasteiger partial charge in [0.05, 0.1) is 25.6 Å². The van der Waals surface area contributed by atoms with Crippen molar-refractivity contribution in [1.82, 2.24) is 19.9 Å². The number of aryl methyl sites for hydroxylation is 1. The van der Waals surface area contributed by atoms with Crippen LogP contribution in [0.15, 0.2) is 18.3 Å². The van der Waals surface area contributed by atoms with E-state index < -0.39 is 0 Å². The van der Waals surface area contributed by atoms with E-state index in [1.54, 1.807) is 19.4 Å². The van der Waals surface area contributed by atoms with Gasteiger partial charge in [0.2, 0.25) is 5.95 Å². The van der Waals surface area contributed by atoms with Crippen molar-refractivity contribution in [2.24, 2.45) is 0 Å². The molecule has 1 aliphatic rings. The Bertz CT molecular complexity index is 744. The third-order valence-corrected chi connectivity index (χ3v) is 4.62. The van der Waals surface area contributed by atoms with Gasteiger partial charge in [-0.3, -0.25) is 0 Å². The molecule has 2 N–H and O–H groups in total. The van der Waals surface area contributed by atoms with E-state index in [4.69, 9.17) is 15.2 Å². The van der Waals surface area contributed by atoms with Crippen molar-refractivity contribution in [3.63, 3.8) is 0 Å². The molecule has 1 fully saturated rings. The van der Waals surface area contributed by atoms with Crippen LogP contribution in [-0.4, -0.2) is 60.3 Å². The highest BCUT2D eigenvalue weighted by Gasteiger charge is 2.15. The summed E-state index contributed by atoms with van der Waals surface area (Å²) in [6.07, 6.45) is 5.29. The van der Waals surface area contributed by atoms with Crippen molar-refractivity contribution >= 4 is 17.5 Å². The summed E-state index contributed by atoms with van der Waals surface area (Å²) in [5.41, 5.74) is 7.45. The zero-order valence-corrected chi connectivity index (χ0v) is 16.3. The lowest BCUT2D eigenvalue weighted by atomic mass is 10.3. The molecule has 8 heteroatoms. The number of nitrogens with two attached hydrogens (primary N) is 1. The third-order valence-electron chi connectivity index (χ3n) is 4.62. The largest absolute Gasteiger partial charge is 0.488 e. The minimum Gasteiger partial charge on any atom is -0.488 e. The van der Waals surface area contributed by atoms with Crippen LogP contribution in [-0.2, 0) is 0 Å². The van der Waals surface area contributed by atoms with Crippen LogP contribution in [0, 0.1) is 6.92 Å². The number of nitrogen functional groups attached to an aromatic ring is 1. The quantitative estimate of drug-likeness (QED) is 0.707. The molecule has 0 bridgehead atoms. The van der Waals surface area contributed by atoms with Crippen molar-refractivity contribution < 1.29 is 9.47 Å². The molecule has 0 aromatic carbocycles. The summed E-state index contributed by atoms with van der Waals surface area (Å²) >= 11 is 0. The molecule has 0 amide bonds. The number of rotatable bonds is 8. The van der Waals surface area contributed by atoms with E-state index >= 15 is 0 Å². The minimum absolute atomic E-state index is 0.434. The van der Waals surface area contributed by atoms with Crippen LogP contribution in [0.2, 0.25) is 0 Å². The molecular weight excluding hydrogens is 344 g/mol. The summed E-state index contributed by atoms with van der Waals surface area (Å²) in [6, 6.07) is 3.63. The molecule has 2 aromatic rings. The third kappa shape index (κ3) is 4.97. The first-order valence-corrected chi connectivity index (χ1v) is 9.31. The van der Waals surface area contributed by atoms with Gasteiger partial charge >= 0.3 is 0 Å². The topological polar surface area (TPSA) is 89.6 Å². The standard InChI is InChI=1S/C19H28N6O2/c1-14-11-17(20)23-19(22-14)24(2)15-12-16(18(26-3)21-13-15)27-10-6-9-25-7-4-5-8-25/h11-13H,4-10H2,1-3H3,(H2,20,22,23). The van der Waals surface area contributed by atoms with E-state index in [1.165, 1.54) is 25.9 Å². The first-order valence-electron chi connectivity index (χ1n) is 9.31. The fourth-order valence-electron chi connectivity index (χ4n) is 3.18. The van der Waals surface area contributed by atoms with E-state index in [9.17, 15) is 0 Å². The predicted octanol–water partition coefficient (Wildman–Crippen LogP) is 2.40. The van der Waals surface area contributed by atoms with E-state index in [-0.39, 0.29) is 0 Å². The number of hydrogen-bond donors (Lipinski definition) is 1. The van der Waals surface area contributed by atoms with Gasteiger partial charge < -0.3 is 25.0 Å². The van der Waals surface area contributed by atoms with Crippen molar-refractivity contribution in [3.05, 3.63) is 24.0 Å². The first-order chi connectivity index (χ1) is 13.1. The van der Waals surface area contributed by atoms with Crippen LogP contribution in [0.5, 0.6) is 11.6 Å². The number of pyridine rings is 1. The molecule has 8 nitrogen and oxygen atoms in total. The smallest absolute Gasteiger partial charge is 0.256 e. The molecule has 146 valence electrons. The number of likely N-dealkylation sites (tertiary alicyclic amines) is 1. The van der Waals surface area contributed by atoms with Crippen molar-refractivity contribution in [2.75, 3.05) is 51.0 Å². The van der Waals surface area contributed by atoms with E-state index in [0.717, 1.165) is 24.3 Å². The number of methoxy groups -OCH3 is 1. The van der Waals surface area contributed by atoms with E-state index in [0.29, 0.717) is 30.0 Å². The van der Waals surface area contributed by atoms with Crippen molar-refractivity contribution in [1.29, 1.82) is 0 Å². The fraction of sp³-hybridized carbons (Fsp3) is 0.526. The van der Waals surface area contributed by atoms with Crippen LogP contribution < -0.4 is 20.1 Å². The molecular formula is C19H28N6O2. The van der Waals surface area contributed by atoms with Crippen LogP contribution in [0.4, 0.5) is 17.5 Å². The first kappa shape index (κ1) is 19.2. The summed E-state index contributed by atoms with van der Waals surface area (Å²) in [5.74, 6) is 2.03. The lowest BCUT2D eigenvalue weighted by Crippen LogP contribution is -2.22. The molecule has 1 aliphatic heterocycles. The summed E-state index contributed by atoms with van der Waals surface area (Å²) in [6.45, 7) is 5.97. The Kier molecular flexibility index (Phi) is 6.28. The predicted molar refractivity (Wildman–Crippen MR) is 106 cm³/mol. The maximum Gasteiger partial charge on any atom is 0.256 e. The summed E-state index contributed by atoms with van der Waals surface area (Å²) in [4.78, 5) is 17.4. The Morgan fingerprint density at radius 2 is 2.00 bits per heavy atom. The Hall–Kier alpha value is -2.61. The molecule has 0 spiro atoms. The second-order valence-electron chi connectivity index (χ2n) is 6.74. The molecule has 27 heavy (non-hydrogen) atoms. The highest BCUT2D eigenvalue weighted by atomic mass is 16.5. The van der Waals surface area contributed by atoms with E-state index in [1.807, 2.05) is 24.9 Å². The van der Waals surface area contributed by atoms with Crippen LogP contribution in [0.3, 0.4) is 0 Å². The average Bonchev–Trinajstić information content (AvgIpc) is 3.17. The van der Waals surface area contributed by atoms with Gasteiger partial charge in [-0.2, -0.15) is 4.98 Å². The molecule has 0 radical (unpaired) electrons. The van der Waals surface area contributed by atoms with Gasteiger partial charge in [0.1, 0.15) is 5.82 Å². The van der Waals surface area contributed by atoms with Gasteiger partial charge in [0.15, 0.2) is 5.75 Å². The SMILES string of the molecule is COc1ncc(N(C)c2nc(C)cc(N)n2)cc1OCCCN1CCCC1. The molecule has 0 atom stereocenters. The number of aromatic nitrogens is 3. The summed E-state index contributed by atoms with van der Waals surface area (Å²) < 4.78 is 11.3. The maximum absolute atomic E-state index is 5.96. The molecule has 0 saturated carbocycles. The molecule has 2 aromatic heterocycles. The lowest BCUT2D eigenvalue weighted by Gasteiger charge is -2.19. The molecule has 0 aliphatic carbocycles. The highest BCUT2D eigenvalue weighted by molar-refractivity contribution is 5.60. The fourth-order valence-corrected chi connectivity index (χ4v) is 3.18. The van der Waals surface area contributed by atoms with Gasteiger partial charge in [-0.15, -0.1) is 0 Å². The van der Waals surface area contributed by atoms with Gasteiger partial charge in [0.25, 0.3) is 5.88 Å². The normalized spacial score (nSPS) is 14.3. The second-order valence-corrected chi connectivity index (χ2v) is 6.74. The zero-order valence-electron chi connectivity index (χ0n) is 16.3. The Morgan fingerprint density at radius 3 is 2.70 bits per heavy atom. The number of hydrogen-bond acceptors (Lipinski definition) is 8. The Labute approximate surface area is 160 Å². The van der Waals surface area contributed by atoms with Gasteiger partial charge in [-0.05, 0) is 39.3 Å². The molecule has 0 unspecified atom stereocenters. The highest BCUT2D eigenvalue weighted by Crippen LogP contribution is 2.31. The van der Waals surface area contributed by atoms with E-state index in [2.05, 4.69) is 19.9 Å². The Morgan fingerprint density at radius 1 is 1.22 bits per heavy atom. The number of ether oxygens (including phenoxy) is 2. The second kappa shape index (κ2) is 8.85. The van der Waals surface area contributed by atoms with Crippen molar-refractivity contribution in [2.45, 2.75) is 26.2 Å². The monoisotopic (exact) mass is 372 g/mol. The maximum atomic E-state index is 5.96. The van der Waals surface area contributed by atoms with Crippen LogP contribution in [0.1, 0.15) is 25.0 Å². The minimum atomic E-state index is 0.434. The Balaban J connectivity index is 1.68. The van der Waals surface area contributed by atoms with Gasteiger partial charge in [-0.1, -0.05) is 0 Å².